The van der Waals surface area contributed by atoms with E-state index in [9.17, 15) is 9.59 Å². The smallest absolute Gasteiger partial charge is 0.409 e. The predicted octanol–water partition coefficient (Wildman–Crippen LogP) is 5.52. The number of hydrogen-bond acceptors (Lipinski definition) is 5. The van der Waals surface area contributed by atoms with Crippen LogP contribution in [0.5, 0.6) is 11.5 Å². The van der Waals surface area contributed by atoms with Gasteiger partial charge in [-0.25, -0.2) is 4.79 Å². The van der Waals surface area contributed by atoms with E-state index in [2.05, 4.69) is 29.4 Å². The highest BCUT2D eigenvalue weighted by Gasteiger charge is 2.27. The van der Waals surface area contributed by atoms with Crippen LogP contribution in [-0.4, -0.2) is 38.7 Å². The molecule has 8 nitrogen and oxygen atoms in total. The first-order chi connectivity index (χ1) is 16.3. The second kappa shape index (κ2) is 9.91. The number of nitrogens with zero attached hydrogens (tertiary/aromatic N) is 3. The molecule has 1 fully saturated rings. The number of rotatable bonds is 7. The Bertz CT molecular complexity index is 1180. The zero-order chi connectivity index (χ0) is 24.2. The Morgan fingerprint density at radius 1 is 1.15 bits per heavy atom. The third-order valence-electron chi connectivity index (χ3n) is 5.74. The van der Waals surface area contributed by atoms with E-state index >= 15 is 0 Å². The van der Waals surface area contributed by atoms with Crippen molar-refractivity contribution in [1.82, 2.24) is 15.1 Å². The average molecular weight is 461 g/mol. The third kappa shape index (κ3) is 5.51. The van der Waals surface area contributed by atoms with Crippen molar-refractivity contribution in [3.8, 4) is 22.8 Å². The summed E-state index contributed by atoms with van der Waals surface area (Å²) in [5.41, 5.74) is 3.81. The minimum Gasteiger partial charge on any atom is -0.465 e. The molecule has 1 aliphatic rings. The summed E-state index contributed by atoms with van der Waals surface area (Å²) in [5.74, 6) is 1.89. The third-order valence-corrected chi connectivity index (χ3v) is 5.74. The Labute approximate surface area is 198 Å². The first kappa shape index (κ1) is 23.2. The molecule has 0 spiro atoms. The molecule has 2 amide bonds. The molecule has 1 unspecified atom stereocenters. The fraction of sp³-hybridized carbons (Fsp3) is 0.308. The number of nitrogens with one attached hydrogen (secondary N) is 1. The van der Waals surface area contributed by atoms with Gasteiger partial charge in [-0.1, -0.05) is 20.8 Å². The molecule has 3 aromatic rings. The molecular weight excluding hydrogens is 432 g/mol. The maximum Gasteiger partial charge on any atom is 0.409 e. The Hall–Kier alpha value is -3.94. The van der Waals surface area contributed by atoms with Crippen molar-refractivity contribution in [3.05, 3.63) is 65.9 Å². The van der Waals surface area contributed by atoms with Crippen molar-refractivity contribution in [2.24, 2.45) is 5.92 Å². The Morgan fingerprint density at radius 3 is 2.50 bits per heavy atom. The van der Waals surface area contributed by atoms with Gasteiger partial charge in [0.1, 0.15) is 11.5 Å². The van der Waals surface area contributed by atoms with E-state index in [1.165, 1.54) is 0 Å². The van der Waals surface area contributed by atoms with Crippen LogP contribution in [0, 0.1) is 5.92 Å². The summed E-state index contributed by atoms with van der Waals surface area (Å²) < 4.78 is 6.13. The van der Waals surface area contributed by atoms with Crippen molar-refractivity contribution in [2.75, 3.05) is 11.9 Å². The molecule has 0 aliphatic carbocycles. The Balaban J connectivity index is 1.54. The van der Waals surface area contributed by atoms with Crippen LogP contribution in [0.3, 0.4) is 0 Å². The van der Waals surface area contributed by atoms with Crippen molar-refractivity contribution in [2.45, 2.75) is 39.7 Å². The van der Waals surface area contributed by atoms with Crippen molar-refractivity contribution in [1.29, 1.82) is 0 Å². The van der Waals surface area contributed by atoms with Crippen LogP contribution in [0.15, 0.2) is 54.6 Å². The highest BCUT2D eigenvalue weighted by molar-refractivity contribution is 5.83. The van der Waals surface area contributed by atoms with Crippen LogP contribution in [0.1, 0.15) is 44.4 Å². The molecule has 1 atom stereocenters. The summed E-state index contributed by atoms with van der Waals surface area (Å²) in [6.07, 6.45) is -0.628. The van der Waals surface area contributed by atoms with E-state index in [0.29, 0.717) is 48.5 Å². The SMILES string of the molecule is CC1CC(=O)N(Cc2cc(NC(=O)O)ccc2Oc2ccc(-c3ccc(C(C)C)nn3)cc2)C1. The molecule has 0 bridgehead atoms. The molecule has 1 saturated heterocycles. The van der Waals surface area contributed by atoms with Gasteiger partial charge in [0.15, 0.2) is 0 Å². The number of likely N-dealkylation sites (tertiary alicyclic amines) is 1. The average Bonchev–Trinajstić information content (AvgIpc) is 3.12. The summed E-state index contributed by atoms with van der Waals surface area (Å²) in [4.78, 5) is 25.2. The van der Waals surface area contributed by atoms with Gasteiger partial charge < -0.3 is 14.7 Å². The molecule has 0 radical (unpaired) electrons. The number of hydrogen-bond donors (Lipinski definition) is 2. The van der Waals surface area contributed by atoms with Crippen LogP contribution in [0.2, 0.25) is 0 Å². The number of carbonyl (C=O) groups is 2. The number of amides is 2. The van der Waals surface area contributed by atoms with Crippen molar-refractivity contribution < 1.29 is 19.4 Å². The van der Waals surface area contributed by atoms with Crippen molar-refractivity contribution in [3.63, 3.8) is 0 Å². The number of ether oxygens (including phenoxy) is 1. The van der Waals surface area contributed by atoms with E-state index in [1.807, 2.05) is 43.3 Å². The van der Waals surface area contributed by atoms with Gasteiger partial charge in [0.25, 0.3) is 0 Å². The van der Waals surface area contributed by atoms with E-state index < -0.39 is 6.09 Å². The van der Waals surface area contributed by atoms with Gasteiger partial charge >= 0.3 is 6.09 Å². The molecule has 1 aliphatic heterocycles. The predicted molar refractivity (Wildman–Crippen MR) is 129 cm³/mol. The molecule has 2 N–H and O–H groups in total. The monoisotopic (exact) mass is 460 g/mol. The van der Waals surface area contributed by atoms with E-state index in [4.69, 9.17) is 9.84 Å². The molecule has 2 heterocycles. The van der Waals surface area contributed by atoms with Gasteiger partial charge in [-0.15, -0.1) is 0 Å². The fourth-order valence-corrected chi connectivity index (χ4v) is 3.96. The number of aromatic nitrogens is 2. The van der Waals surface area contributed by atoms with Gasteiger partial charge in [-0.3, -0.25) is 10.1 Å². The molecule has 34 heavy (non-hydrogen) atoms. The maximum atomic E-state index is 12.3. The molecule has 1 aromatic heterocycles. The number of carbonyl (C=O) groups excluding carboxylic acids is 1. The Kier molecular flexibility index (Phi) is 6.77. The van der Waals surface area contributed by atoms with Gasteiger partial charge in [0, 0.05) is 36.3 Å². The summed E-state index contributed by atoms with van der Waals surface area (Å²) in [5, 5.41) is 20.0. The quantitative estimate of drug-likeness (QED) is 0.481. The molecule has 2 aromatic carbocycles. The lowest BCUT2D eigenvalue weighted by Gasteiger charge is -2.19. The van der Waals surface area contributed by atoms with Crippen LogP contribution >= 0.6 is 0 Å². The standard InChI is InChI=1S/C26H28N4O4/c1-16(2)22-9-10-23(29-28-22)18-4-7-21(8-5-18)34-24-11-6-20(27-26(32)33)13-19(24)15-30-14-17(3)12-25(30)31/h4-11,13,16-17,27H,12,14-15H2,1-3H3,(H,32,33). The van der Waals surface area contributed by atoms with Crippen LogP contribution < -0.4 is 10.1 Å². The molecule has 176 valence electrons. The second-order valence-electron chi connectivity index (χ2n) is 8.96. The lowest BCUT2D eigenvalue weighted by Crippen LogP contribution is -2.24. The Morgan fingerprint density at radius 2 is 1.91 bits per heavy atom. The summed E-state index contributed by atoms with van der Waals surface area (Å²) in [6, 6.07) is 16.5. The van der Waals surface area contributed by atoms with Gasteiger partial charge in [-0.05, 0) is 66.4 Å². The first-order valence-electron chi connectivity index (χ1n) is 11.3. The second-order valence-corrected chi connectivity index (χ2v) is 8.96. The van der Waals surface area contributed by atoms with E-state index in [0.717, 1.165) is 22.5 Å². The van der Waals surface area contributed by atoms with Gasteiger partial charge in [-0.2, -0.15) is 10.2 Å². The van der Waals surface area contributed by atoms with Gasteiger partial charge in [0.2, 0.25) is 5.91 Å². The molecule has 0 saturated carbocycles. The van der Waals surface area contributed by atoms with E-state index in [-0.39, 0.29) is 5.91 Å². The summed E-state index contributed by atoms with van der Waals surface area (Å²) in [6.45, 7) is 7.22. The summed E-state index contributed by atoms with van der Waals surface area (Å²) >= 11 is 0. The van der Waals surface area contributed by atoms with Crippen LogP contribution in [-0.2, 0) is 11.3 Å². The van der Waals surface area contributed by atoms with Crippen LogP contribution in [0.4, 0.5) is 10.5 Å². The number of carboxylic acid groups (broad SMARTS) is 1. The zero-order valence-electron chi connectivity index (χ0n) is 19.5. The maximum absolute atomic E-state index is 12.3. The largest absolute Gasteiger partial charge is 0.465 e. The molecule has 8 heteroatoms. The minimum atomic E-state index is -1.15. The highest BCUT2D eigenvalue weighted by atomic mass is 16.5. The lowest BCUT2D eigenvalue weighted by molar-refractivity contribution is -0.128. The van der Waals surface area contributed by atoms with E-state index in [1.54, 1.807) is 23.1 Å². The van der Waals surface area contributed by atoms with Gasteiger partial charge in [0.05, 0.1) is 11.4 Å². The van der Waals surface area contributed by atoms with Crippen molar-refractivity contribution >= 4 is 17.7 Å². The normalized spacial score (nSPS) is 15.6. The fourth-order valence-electron chi connectivity index (χ4n) is 3.96. The first-order valence-corrected chi connectivity index (χ1v) is 11.3. The lowest BCUT2D eigenvalue weighted by atomic mass is 10.1. The summed E-state index contributed by atoms with van der Waals surface area (Å²) in [7, 11) is 0. The zero-order valence-corrected chi connectivity index (χ0v) is 19.5. The topological polar surface area (TPSA) is 105 Å². The molecular formula is C26H28N4O4. The van der Waals surface area contributed by atoms with Crippen LogP contribution in [0.25, 0.3) is 11.3 Å². The molecule has 4 rings (SSSR count). The number of benzene rings is 2. The highest BCUT2D eigenvalue weighted by Crippen LogP contribution is 2.32. The minimum absolute atomic E-state index is 0.0870. The number of anilines is 1.